The van der Waals surface area contributed by atoms with E-state index in [2.05, 4.69) is 0 Å². The van der Waals surface area contributed by atoms with E-state index in [1.54, 1.807) is 4.90 Å². The SMILES string of the molecule is NCCOC1CCN(C(=O)c2cc(O)ccc2Cl)CC1. The van der Waals surface area contributed by atoms with Gasteiger partial charge in [0.1, 0.15) is 5.75 Å². The fourth-order valence-electron chi connectivity index (χ4n) is 2.31. The van der Waals surface area contributed by atoms with Crippen LogP contribution in [0.25, 0.3) is 0 Å². The normalized spacial score (nSPS) is 16.4. The number of carbonyl (C=O) groups is 1. The molecule has 1 saturated heterocycles. The van der Waals surface area contributed by atoms with Crippen LogP contribution in [-0.2, 0) is 4.74 Å². The van der Waals surface area contributed by atoms with Gasteiger partial charge in [0.25, 0.3) is 5.91 Å². The molecule has 1 aliphatic heterocycles. The number of benzene rings is 1. The molecular formula is C14H19ClN2O3. The fourth-order valence-corrected chi connectivity index (χ4v) is 2.51. The van der Waals surface area contributed by atoms with Gasteiger partial charge >= 0.3 is 0 Å². The van der Waals surface area contributed by atoms with E-state index < -0.39 is 0 Å². The first-order valence-corrected chi connectivity index (χ1v) is 7.09. The Kier molecular flexibility index (Phi) is 5.23. The lowest BCUT2D eigenvalue weighted by Gasteiger charge is -2.32. The number of piperidine rings is 1. The standard InChI is InChI=1S/C14H19ClN2O3/c15-13-2-1-10(18)9-12(13)14(19)17-6-3-11(4-7-17)20-8-5-16/h1-2,9,11,18H,3-8,16H2. The highest BCUT2D eigenvalue weighted by atomic mass is 35.5. The monoisotopic (exact) mass is 298 g/mol. The van der Waals surface area contributed by atoms with Crippen molar-refractivity contribution in [1.29, 1.82) is 0 Å². The number of ether oxygens (including phenoxy) is 1. The molecule has 1 aromatic carbocycles. The van der Waals surface area contributed by atoms with Crippen molar-refractivity contribution in [3.63, 3.8) is 0 Å². The predicted molar refractivity (Wildman–Crippen MR) is 77.0 cm³/mol. The van der Waals surface area contributed by atoms with Crippen molar-refractivity contribution in [1.82, 2.24) is 4.90 Å². The molecule has 0 spiro atoms. The van der Waals surface area contributed by atoms with Gasteiger partial charge in [-0.2, -0.15) is 0 Å². The molecule has 0 aromatic heterocycles. The van der Waals surface area contributed by atoms with Crippen molar-refractivity contribution < 1.29 is 14.6 Å². The zero-order valence-corrected chi connectivity index (χ0v) is 12.0. The molecule has 20 heavy (non-hydrogen) atoms. The molecule has 1 fully saturated rings. The Balaban J connectivity index is 1.96. The Hall–Kier alpha value is -1.30. The number of hydrogen-bond donors (Lipinski definition) is 2. The van der Waals surface area contributed by atoms with Gasteiger partial charge in [0.05, 0.1) is 23.3 Å². The third kappa shape index (κ3) is 3.62. The summed E-state index contributed by atoms with van der Waals surface area (Å²) in [6, 6.07) is 4.40. The maximum Gasteiger partial charge on any atom is 0.255 e. The second-order valence-electron chi connectivity index (χ2n) is 4.82. The number of nitrogens with two attached hydrogens (primary N) is 1. The Morgan fingerprint density at radius 1 is 1.45 bits per heavy atom. The molecule has 1 aliphatic rings. The average molecular weight is 299 g/mol. The van der Waals surface area contributed by atoms with Gasteiger partial charge in [-0.05, 0) is 31.0 Å². The lowest BCUT2D eigenvalue weighted by molar-refractivity contribution is 0.0121. The minimum absolute atomic E-state index is 0.0407. The zero-order chi connectivity index (χ0) is 14.5. The maximum atomic E-state index is 12.4. The zero-order valence-electron chi connectivity index (χ0n) is 11.2. The number of rotatable bonds is 4. The number of amides is 1. The molecule has 0 radical (unpaired) electrons. The summed E-state index contributed by atoms with van der Waals surface area (Å²) in [5.74, 6) is -0.109. The highest BCUT2D eigenvalue weighted by Crippen LogP contribution is 2.24. The van der Waals surface area contributed by atoms with Crippen molar-refractivity contribution in [3.05, 3.63) is 28.8 Å². The lowest BCUT2D eigenvalue weighted by atomic mass is 10.1. The average Bonchev–Trinajstić information content (AvgIpc) is 2.47. The van der Waals surface area contributed by atoms with E-state index in [4.69, 9.17) is 22.1 Å². The highest BCUT2D eigenvalue weighted by molar-refractivity contribution is 6.33. The van der Waals surface area contributed by atoms with E-state index in [1.165, 1.54) is 18.2 Å². The molecule has 0 atom stereocenters. The Morgan fingerprint density at radius 3 is 2.80 bits per heavy atom. The number of aromatic hydroxyl groups is 1. The molecule has 3 N–H and O–H groups in total. The van der Waals surface area contributed by atoms with Crippen molar-refractivity contribution in [2.24, 2.45) is 5.73 Å². The lowest BCUT2D eigenvalue weighted by Crippen LogP contribution is -2.41. The summed E-state index contributed by atoms with van der Waals surface area (Å²) in [6.45, 7) is 2.31. The summed E-state index contributed by atoms with van der Waals surface area (Å²) in [4.78, 5) is 14.1. The molecule has 110 valence electrons. The predicted octanol–water partition coefficient (Wildman–Crippen LogP) is 1.63. The van der Waals surface area contributed by atoms with E-state index in [-0.39, 0.29) is 17.8 Å². The van der Waals surface area contributed by atoms with Crippen LogP contribution in [0.5, 0.6) is 5.75 Å². The summed E-state index contributed by atoms with van der Waals surface area (Å²) >= 11 is 6.01. The van der Waals surface area contributed by atoms with Crippen LogP contribution in [0.15, 0.2) is 18.2 Å². The third-order valence-electron chi connectivity index (χ3n) is 3.38. The van der Waals surface area contributed by atoms with Gasteiger partial charge in [-0.15, -0.1) is 0 Å². The molecule has 0 saturated carbocycles. The van der Waals surface area contributed by atoms with Crippen LogP contribution in [-0.4, -0.2) is 48.3 Å². The van der Waals surface area contributed by atoms with Gasteiger partial charge in [-0.3, -0.25) is 4.79 Å². The smallest absolute Gasteiger partial charge is 0.255 e. The molecule has 0 bridgehead atoms. The summed E-state index contributed by atoms with van der Waals surface area (Å²) in [7, 11) is 0. The van der Waals surface area contributed by atoms with Gasteiger partial charge in [0.15, 0.2) is 0 Å². The Labute approximate surface area is 123 Å². The van der Waals surface area contributed by atoms with Crippen LogP contribution in [0.3, 0.4) is 0 Å². The summed E-state index contributed by atoms with van der Waals surface area (Å²) < 4.78 is 5.58. The van der Waals surface area contributed by atoms with Crippen molar-refractivity contribution in [2.45, 2.75) is 18.9 Å². The topological polar surface area (TPSA) is 75.8 Å². The number of hydrogen-bond acceptors (Lipinski definition) is 4. The van der Waals surface area contributed by atoms with Gasteiger partial charge in [-0.1, -0.05) is 11.6 Å². The quantitative estimate of drug-likeness (QED) is 0.886. The molecular weight excluding hydrogens is 280 g/mol. The first-order chi connectivity index (χ1) is 9.61. The number of phenols is 1. The van der Waals surface area contributed by atoms with Crippen LogP contribution in [0.4, 0.5) is 0 Å². The van der Waals surface area contributed by atoms with Gasteiger partial charge < -0.3 is 20.5 Å². The van der Waals surface area contributed by atoms with Crippen LogP contribution in [0, 0.1) is 0 Å². The maximum absolute atomic E-state index is 12.4. The first kappa shape index (κ1) is 15.1. The number of halogens is 1. The number of nitrogens with zero attached hydrogens (tertiary/aromatic N) is 1. The van der Waals surface area contributed by atoms with E-state index in [0.717, 1.165) is 12.8 Å². The van der Waals surface area contributed by atoms with Crippen molar-refractivity contribution in [2.75, 3.05) is 26.2 Å². The second-order valence-corrected chi connectivity index (χ2v) is 5.22. The Morgan fingerprint density at radius 2 is 2.15 bits per heavy atom. The molecule has 0 unspecified atom stereocenters. The number of phenolic OH excluding ortho intramolecular Hbond substituents is 1. The fraction of sp³-hybridized carbons (Fsp3) is 0.500. The van der Waals surface area contributed by atoms with Gasteiger partial charge in [0.2, 0.25) is 0 Å². The number of likely N-dealkylation sites (tertiary alicyclic amines) is 1. The number of carbonyl (C=O) groups excluding carboxylic acids is 1. The van der Waals surface area contributed by atoms with E-state index >= 15 is 0 Å². The van der Waals surface area contributed by atoms with E-state index in [9.17, 15) is 9.90 Å². The second kappa shape index (κ2) is 6.92. The summed E-state index contributed by atoms with van der Waals surface area (Å²) in [6.07, 6.45) is 1.76. The Bertz CT molecular complexity index is 473. The van der Waals surface area contributed by atoms with Gasteiger partial charge in [-0.25, -0.2) is 0 Å². The van der Waals surface area contributed by atoms with Crippen LogP contribution >= 0.6 is 11.6 Å². The van der Waals surface area contributed by atoms with E-state index in [0.29, 0.717) is 36.8 Å². The molecule has 1 amide bonds. The van der Waals surface area contributed by atoms with E-state index in [1.807, 2.05) is 0 Å². The molecule has 2 rings (SSSR count). The largest absolute Gasteiger partial charge is 0.508 e. The molecule has 5 nitrogen and oxygen atoms in total. The van der Waals surface area contributed by atoms with Gasteiger partial charge in [0, 0.05) is 19.6 Å². The van der Waals surface area contributed by atoms with Crippen LogP contribution in [0.1, 0.15) is 23.2 Å². The summed E-state index contributed by atoms with van der Waals surface area (Å²) in [5, 5.41) is 9.82. The van der Waals surface area contributed by atoms with Crippen LogP contribution < -0.4 is 5.73 Å². The third-order valence-corrected chi connectivity index (χ3v) is 3.71. The molecule has 1 aromatic rings. The van der Waals surface area contributed by atoms with Crippen molar-refractivity contribution >= 4 is 17.5 Å². The van der Waals surface area contributed by atoms with Crippen molar-refractivity contribution in [3.8, 4) is 5.75 Å². The highest BCUT2D eigenvalue weighted by Gasteiger charge is 2.25. The minimum atomic E-state index is -0.150. The van der Waals surface area contributed by atoms with Crippen LogP contribution in [0.2, 0.25) is 5.02 Å². The first-order valence-electron chi connectivity index (χ1n) is 6.71. The molecule has 0 aliphatic carbocycles. The molecule has 6 heteroatoms. The summed E-state index contributed by atoms with van der Waals surface area (Å²) in [5.41, 5.74) is 5.74. The minimum Gasteiger partial charge on any atom is -0.508 e. The molecule has 1 heterocycles.